The summed E-state index contributed by atoms with van der Waals surface area (Å²) in [6.07, 6.45) is 2.65. The first-order valence-corrected chi connectivity index (χ1v) is 12.5. The van der Waals surface area contributed by atoms with Crippen molar-refractivity contribution in [1.29, 1.82) is 0 Å². The molecule has 1 unspecified atom stereocenters. The topological polar surface area (TPSA) is 95.6 Å². The van der Waals surface area contributed by atoms with Crippen molar-refractivity contribution in [2.75, 3.05) is 18.4 Å². The van der Waals surface area contributed by atoms with Crippen molar-refractivity contribution in [3.8, 4) is 0 Å². The van der Waals surface area contributed by atoms with E-state index < -0.39 is 27.7 Å². The molecular weight excluding hydrogens is 445 g/mol. The zero-order valence-electron chi connectivity index (χ0n) is 19.2. The summed E-state index contributed by atoms with van der Waals surface area (Å²) in [6, 6.07) is 8.87. The average Bonchev–Trinajstić information content (AvgIpc) is 2.78. The van der Waals surface area contributed by atoms with Crippen LogP contribution in [0.15, 0.2) is 41.3 Å². The first-order chi connectivity index (χ1) is 15.6. The van der Waals surface area contributed by atoms with Crippen molar-refractivity contribution in [2.24, 2.45) is 0 Å². The smallest absolute Gasteiger partial charge is 0.313 e. The van der Waals surface area contributed by atoms with Gasteiger partial charge in [-0.25, -0.2) is 12.8 Å². The van der Waals surface area contributed by atoms with Crippen LogP contribution in [0.1, 0.15) is 42.4 Å². The number of nitrogens with one attached hydrogen (secondary N) is 2. The van der Waals surface area contributed by atoms with Gasteiger partial charge in [-0.3, -0.25) is 9.59 Å². The summed E-state index contributed by atoms with van der Waals surface area (Å²) in [6.45, 7) is 5.94. The Morgan fingerprint density at radius 3 is 2.45 bits per heavy atom. The van der Waals surface area contributed by atoms with E-state index in [-0.39, 0.29) is 23.0 Å². The molecule has 0 bridgehead atoms. The number of nitrogens with zero attached hydrogens (tertiary/aromatic N) is 1. The molecule has 33 heavy (non-hydrogen) atoms. The summed E-state index contributed by atoms with van der Waals surface area (Å²) in [5.74, 6) is -1.99. The Labute approximate surface area is 194 Å². The third kappa shape index (κ3) is 5.97. The summed E-state index contributed by atoms with van der Waals surface area (Å²) in [7, 11) is -3.79. The largest absolute Gasteiger partial charge is 0.348 e. The Kier molecular flexibility index (Phi) is 7.86. The van der Waals surface area contributed by atoms with Crippen molar-refractivity contribution >= 4 is 27.5 Å². The number of rotatable bonds is 6. The Morgan fingerprint density at radius 2 is 1.76 bits per heavy atom. The molecule has 2 aromatic carbocycles. The standard InChI is InChI=1S/C24H30FN3O4S/c1-16-7-8-19(14-17(16)2)27-24(30)23(29)26-12-11-20-6-4-5-13-28(20)33(31,32)21-9-10-22(25)18(3)15-21/h7-10,14-15,20H,4-6,11-13H2,1-3H3,(H,26,29)(H,27,30). The van der Waals surface area contributed by atoms with Gasteiger partial charge in [0.25, 0.3) is 0 Å². The minimum absolute atomic E-state index is 0.0603. The first-order valence-electron chi connectivity index (χ1n) is 11.0. The predicted octanol–water partition coefficient (Wildman–Crippen LogP) is 3.44. The molecule has 3 rings (SSSR count). The maximum atomic E-state index is 13.6. The number of halogens is 1. The zero-order valence-corrected chi connectivity index (χ0v) is 20.0. The van der Waals surface area contributed by atoms with E-state index >= 15 is 0 Å². The van der Waals surface area contributed by atoms with E-state index in [1.807, 2.05) is 19.9 Å². The Morgan fingerprint density at radius 1 is 1.00 bits per heavy atom. The van der Waals surface area contributed by atoms with Gasteiger partial charge in [0.2, 0.25) is 10.0 Å². The second-order valence-electron chi connectivity index (χ2n) is 8.47. The fraction of sp³-hybridized carbons (Fsp3) is 0.417. The van der Waals surface area contributed by atoms with Crippen molar-refractivity contribution in [3.05, 3.63) is 58.9 Å². The van der Waals surface area contributed by atoms with Crippen LogP contribution in [-0.2, 0) is 19.6 Å². The molecule has 1 heterocycles. The van der Waals surface area contributed by atoms with E-state index in [2.05, 4.69) is 10.6 Å². The van der Waals surface area contributed by atoms with E-state index in [1.54, 1.807) is 12.1 Å². The zero-order chi connectivity index (χ0) is 24.2. The lowest BCUT2D eigenvalue weighted by molar-refractivity contribution is -0.136. The summed E-state index contributed by atoms with van der Waals surface area (Å²) >= 11 is 0. The second-order valence-corrected chi connectivity index (χ2v) is 10.4. The van der Waals surface area contributed by atoms with E-state index in [4.69, 9.17) is 0 Å². The molecule has 1 atom stereocenters. The molecular formula is C24H30FN3O4S. The number of hydrogen-bond acceptors (Lipinski definition) is 4. The monoisotopic (exact) mass is 475 g/mol. The molecule has 2 aromatic rings. The fourth-order valence-corrected chi connectivity index (χ4v) is 5.74. The maximum Gasteiger partial charge on any atom is 0.313 e. The maximum absolute atomic E-state index is 13.6. The Bertz CT molecular complexity index is 1150. The van der Waals surface area contributed by atoms with Crippen LogP contribution in [0.2, 0.25) is 0 Å². The van der Waals surface area contributed by atoms with Crippen LogP contribution in [0, 0.1) is 26.6 Å². The fourth-order valence-electron chi connectivity index (χ4n) is 3.93. The molecule has 1 fully saturated rings. The molecule has 1 aliphatic rings. The third-order valence-corrected chi connectivity index (χ3v) is 7.99. The van der Waals surface area contributed by atoms with E-state index in [1.165, 1.54) is 23.4 Å². The van der Waals surface area contributed by atoms with Crippen molar-refractivity contribution in [2.45, 2.75) is 57.4 Å². The highest BCUT2D eigenvalue weighted by molar-refractivity contribution is 7.89. The molecule has 2 amide bonds. The van der Waals surface area contributed by atoms with E-state index in [0.29, 0.717) is 25.1 Å². The predicted molar refractivity (Wildman–Crippen MR) is 125 cm³/mol. The summed E-state index contributed by atoms with van der Waals surface area (Å²) in [4.78, 5) is 24.5. The quantitative estimate of drug-likeness (QED) is 0.626. The molecule has 9 heteroatoms. The van der Waals surface area contributed by atoms with Gasteiger partial charge in [-0.1, -0.05) is 12.5 Å². The van der Waals surface area contributed by atoms with Gasteiger partial charge in [-0.15, -0.1) is 0 Å². The third-order valence-electron chi connectivity index (χ3n) is 6.04. The van der Waals surface area contributed by atoms with Gasteiger partial charge in [-0.05, 0) is 87.1 Å². The first kappa shape index (κ1) is 24.9. The Hall–Kier alpha value is -2.78. The Balaban J connectivity index is 1.59. The molecule has 0 spiro atoms. The molecule has 1 aliphatic heterocycles. The number of hydrogen-bond donors (Lipinski definition) is 2. The number of carbonyl (C=O) groups is 2. The van der Waals surface area contributed by atoms with Gasteiger partial charge < -0.3 is 10.6 Å². The molecule has 1 saturated heterocycles. The van der Waals surface area contributed by atoms with Crippen LogP contribution in [0.4, 0.5) is 10.1 Å². The number of anilines is 1. The second kappa shape index (κ2) is 10.4. The highest BCUT2D eigenvalue weighted by atomic mass is 32.2. The molecule has 178 valence electrons. The molecule has 2 N–H and O–H groups in total. The highest BCUT2D eigenvalue weighted by Crippen LogP contribution is 2.27. The number of aryl methyl sites for hydroxylation is 3. The van der Waals surface area contributed by atoms with Crippen LogP contribution in [0.25, 0.3) is 0 Å². The lowest BCUT2D eigenvalue weighted by atomic mass is 10.0. The van der Waals surface area contributed by atoms with Crippen molar-refractivity contribution < 1.29 is 22.4 Å². The molecule has 7 nitrogen and oxygen atoms in total. The summed E-state index contributed by atoms with van der Waals surface area (Å²) < 4.78 is 41.4. The van der Waals surface area contributed by atoms with Gasteiger partial charge in [0.05, 0.1) is 4.90 Å². The van der Waals surface area contributed by atoms with Crippen LogP contribution in [0.3, 0.4) is 0 Å². The number of benzene rings is 2. The average molecular weight is 476 g/mol. The van der Waals surface area contributed by atoms with E-state index in [9.17, 15) is 22.4 Å². The lowest BCUT2D eigenvalue weighted by Gasteiger charge is -2.34. The van der Waals surface area contributed by atoms with Crippen molar-refractivity contribution in [1.82, 2.24) is 9.62 Å². The van der Waals surface area contributed by atoms with Crippen LogP contribution in [-0.4, -0.2) is 43.7 Å². The van der Waals surface area contributed by atoms with Gasteiger partial charge >= 0.3 is 11.8 Å². The minimum atomic E-state index is -3.79. The van der Waals surface area contributed by atoms with Gasteiger partial charge in [-0.2, -0.15) is 4.31 Å². The minimum Gasteiger partial charge on any atom is -0.348 e. The van der Waals surface area contributed by atoms with Crippen molar-refractivity contribution in [3.63, 3.8) is 0 Å². The van der Waals surface area contributed by atoms with E-state index in [0.717, 1.165) is 30.0 Å². The highest BCUT2D eigenvalue weighted by Gasteiger charge is 2.33. The van der Waals surface area contributed by atoms with Gasteiger partial charge in [0.15, 0.2) is 0 Å². The van der Waals surface area contributed by atoms with Crippen LogP contribution < -0.4 is 10.6 Å². The number of sulfonamides is 1. The van der Waals surface area contributed by atoms with Gasteiger partial charge in [0, 0.05) is 24.8 Å². The number of amides is 2. The van der Waals surface area contributed by atoms with Gasteiger partial charge in [0.1, 0.15) is 5.82 Å². The van der Waals surface area contributed by atoms with Crippen LogP contribution >= 0.6 is 0 Å². The normalized spacial score (nSPS) is 16.9. The molecule has 0 aliphatic carbocycles. The molecule has 0 aromatic heterocycles. The summed E-state index contributed by atoms with van der Waals surface area (Å²) in [5.41, 5.74) is 2.90. The number of piperidine rings is 1. The molecule has 0 radical (unpaired) electrons. The lowest BCUT2D eigenvalue weighted by Crippen LogP contribution is -2.45. The summed E-state index contributed by atoms with van der Waals surface area (Å²) in [5, 5.41) is 5.16. The van der Waals surface area contributed by atoms with Crippen LogP contribution in [0.5, 0.6) is 0 Å². The number of carbonyl (C=O) groups excluding carboxylic acids is 2. The SMILES string of the molecule is Cc1ccc(NC(=O)C(=O)NCCC2CCCCN2S(=O)(=O)c2ccc(F)c(C)c2)cc1C. The molecule has 0 saturated carbocycles.